The van der Waals surface area contributed by atoms with Gasteiger partial charge in [0.25, 0.3) is 5.91 Å². The summed E-state index contributed by atoms with van der Waals surface area (Å²) in [5.74, 6) is -0.405. The van der Waals surface area contributed by atoms with Crippen molar-refractivity contribution in [3.63, 3.8) is 0 Å². The molecule has 1 aliphatic rings. The number of anilines is 2. The Hall–Kier alpha value is -2.96. The predicted octanol–water partition coefficient (Wildman–Crippen LogP) is 4.37. The van der Waals surface area contributed by atoms with E-state index in [4.69, 9.17) is 0 Å². The zero-order valence-electron chi connectivity index (χ0n) is 17.0. The lowest BCUT2D eigenvalue weighted by molar-refractivity contribution is 0.0998. The van der Waals surface area contributed by atoms with Gasteiger partial charge in [-0.05, 0) is 48.3 Å². The monoisotopic (exact) mass is 419 g/mol. The highest BCUT2D eigenvalue weighted by Crippen LogP contribution is 2.22. The van der Waals surface area contributed by atoms with Gasteiger partial charge in [0.05, 0.1) is 10.4 Å². The van der Waals surface area contributed by atoms with Gasteiger partial charge in [0.15, 0.2) is 0 Å². The molecule has 6 heteroatoms. The summed E-state index contributed by atoms with van der Waals surface area (Å²) in [5.41, 5.74) is 2.69. The maximum absolute atomic E-state index is 12.9. The number of nitrogens with zero attached hydrogens (tertiary/aromatic N) is 2. The fourth-order valence-electron chi connectivity index (χ4n) is 3.70. The summed E-state index contributed by atoms with van der Waals surface area (Å²) in [5, 5.41) is 4.79. The van der Waals surface area contributed by atoms with Crippen LogP contribution >= 0.6 is 11.3 Å². The summed E-state index contributed by atoms with van der Waals surface area (Å²) in [6.45, 7) is 7.46. The lowest BCUT2D eigenvalue weighted by atomic mass is 10.0. The third-order valence-electron chi connectivity index (χ3n) is 5.47. The summed E-state index contributed by atoms with van der Waals surface area (Å²) in [4.78, 5) is 31.1. The minimum Gasteiger partial charge on any atom is -0.369 e. The van der Waals surface area contributed by atoms with Crippen molar-refractivity contribution in [1.82, 2.24) is 4.90 Å². The van der Waals surface area contributed by atoms with Crippen LogP contribution in [0.2, 0.25) is 0 Å². The zero-order valence-corrected chi connectivity index (χ0v) is 17.8. The number of amides is 1. The first-order valence-corrected chi connectivity index (χ1v) is 11.1. The highest BCUT2D eigenvalue weighted by Gasteiger charge is 2.19. The van der Waals surface area contributed by atoms with Crippen LogP contribution in [-0.2, 0) is 0 Å². The Morgan fingerprint density at radius 1 is 0.900 bits per heavy atom. The number of likely N-dealkylation sites (N-methyl/N-ethyl adjacent to an activating group) is 1. The average Bonchev–Trinajstić information content (AvgIpc) is 3.34. The molecule has 1 N–H and O–H groups in total. The molecule has 2 aromatic carbocycles. The molecule has 0 radical (unpaired) electrons. The van der Waals surface area contributed by atoms with E-state index in [-0.39, 0.29) is 11.7 Å². The summed E-state index contributed by atoms with van der Waals surface area (Å²) >= 11 is 1.38. The van der Waals surface area contributed by atoms with Gasteiger partial charge in [-0.15, -0.1) is 11.3 Å². The molecular formula is C24H25N3O2S. The van der Waals surface area contributed by atoms with E-state index >= 15 is 0 Å². The lowest BCUT2D eigenvalue weighted by Gasteiger charge is -2.35. The van der Waals surface area contributed by atoms with Crippen molar-refractivity contribution in [2.45, 2.75) is 6.92 Å². The second-order valence-corrected chi connectivity index (χ2v) is 8.22. The van der Waals surface area contributed by atoms with Gasteiger partial charge in [-0.25, -0.2) is 0 Å². The number of rotatable bonds is 6. The lowest BCUT2D eigenvalue weighted by Crippen LogP contribution is -2.46. The summed E-state index contributed by atoms with van der Waals surface area (Å²) in [6, 6.07) is 18.5. The van der Waals surface area contributed by atoms with Crippen molar-refractivity contribution in [3.8, 4) is 0 Å². The Morgan fingerprint density at radius 2 is 1.60 bits per heavy atom. The number of piperazine rings is 1. The first-order valence-electron chi connectivity index (χ1n) is 10.2. The van der Waals surface area contributed by atoms with Crippen molar-refractivity contribution in [2.75, 3.05) is 42.9 Å². The van der Waals surface area contributed by atoms with Crippen LogP contribution in [0.1, 0.15) is 32.5 Å². The molecule has 1 fully saturated rings. The van der Waals surface area contributed by atoms with Crippen LogP contribution < -0.4 is 10.2 Å². The van der Waals surface area contributed by atoms with Gasteiger partial charge in [0, 0.05) is 43.1 Å². The topological polar surface area (TPSA) is 52.6 Å². The van der Waals surface area contributed by atoms with Crippen LogP contribution in [0.25, 0.3) is 0 Å². The van der Waals surface area contributed by atoms with E-state index < -0.39 is 0 Å². The fraction of sp³-hybridized carbons (Fsp3) is 0.250. The maximum atomic E-state index is 12.9. The zero-order chi connectivity index (χ0) is 20.9. The molecule has 2 heterocycles. The standard InChI is InChI=1S/C24H25N3O2S/c1-2-26-13-15-27(16-14-26)19-11-9-18(10-12-19)25-24(29)21-7-4-3-6-20(21)23(28)22-8-5-17-30-22/h3-12,17H,2,13-16H2,1H3,(H,25,29). The number of benzene rings is 2. The molecule has 3 aromatic rings. The van der Waals surface area contributed by atoms with Crippen molar-refractivity contribution in [2.24, 2.45) is 0 Å². The third kappa shape index (κ3) is 4.45. The van der Waals surface area contributed by atoms with E-state index in [1.54, 1.807) is 30.3 Å². The minimum absolute atomic E-state index is 0.127. The van der Waals surface area contributed by atoms with Gasteiger partial charge < -0.3 is 15.1 Å². The molecular weight excluding hydrogens is 394 g/mol. The van der Waals surface area contributed by atoms with E-state index in [1.165, 1.54) is 11.3 Å². The Morgan fingerprint density at radius 3 is 2.23 bits per heavy atom. The van der Waals surface area contributed by atoms with Gasteiger partial charge in [-0.2, -0.15) is 0 Å². The third-order valence-corrected chi connectivity index (χ3v) is 6.34. The summed E-state index contributed by atoms with van der Waals surface area (Å²) in [6.07, 6.45) is 0. The Labute approximate surface area is 180 Å². The number of carbonyl (C=O) groups excluding carboxylic acids is 2. The van der Waals surface area contributed by atoms with Gasteiger partial charge in [-0.1, -0.05) is 31.2 Å². The van der Waals surface area contributed by atoms with Gasteiger partial charge in [0.1, 0.15) is 0 Å². The molecule has 4 rings (SSSR count). The SMILES string of the molecule is CCN1CCN(c2ccc(NC(=O)c3ccccc3C(=O)c3cccs3)cc2)CC1. The van der Waals surface area contributed by atoms with Gasteiger partial charge in [-0.3, -0.25) is 9.59 Å². The summed E-state index contributed by atoms with van der Waals surface area (Å²) < 4.78 is 0. The molecule has 154 valence electrons. The molecule has 0 bridgehead atoms. The van der Waals surface area contributed by atoms with Crippen molar-refractivity contribution < 1.29 is 9.59 Å². The second-order valence-electron chi connectivity index (χ2n) is 7.27. The first kappa shape index (κ1) is 20.3. The summed E-state index contributed by atoms with van der Waals surface area (Å²) in [7, 11) is 0. The van der Waals surface area contributed by atoms with Crippen LogP contribution in [0.4, 0.5) is 11.4 Å². The largest absolute Gasteiger partial charge is 0.369 e. The molecule has 30 heavy (non-hydrogen) atoms. The molecule has 0 atom stereocenters. The molecule has 1 amide bonds. The van der Waals surface area contributed by atoms with Crippen molar-refractivity contribution >= 4 is 34.4 Å². The molecule has 5 nitrogen and oxygen atoms in total. The number of hydrogen-bond donors (Lipinski definition) is 1. The minimum atomic E-state index is -0.278. The first-order chi connectivity index (χ1) is 14.7. The molecule has 0 saturated carbocycles. The molecule has 1 saturated heterocycles. The smallest absolute Gasteiger partial charge is 0.256 e. The van der Waals surface area contributed by atoms with Crippen LogP contribution in [0.15, 0.2) is 66.0 Å². The molecule has 1 aromatic heterocycles. The number of thiophene rings is 1. The Balaban J connectivity index is 1.45. The molecule has 0 aliphatic carbocycles. The van der Waals surface area contributed by atoms with E-state index in [9.17, 15) is 9.59 Å². The number of hydrogen-bond acceptors (Lipinski definition) is 5. The highest BCUT2D eigenvalue weighted by molar-refractivity contribution is 7.12. The number of ketones is 1. The highest BCUT2D eigenvalue weighted by atomic mass is 32.1. The van der Waals surface area contributed by atoms with E-state index in [0.717, 1.165) is 38.4 Å². The van der Waals surface area contributed by atoms with E-state index in [1.807, 2.05) is 35.7 Å². The quantitative estimate of drug-likeness (QED) is 0.603. The van der Waals surface area contributed by atoms with Gasteiger partial charge >= 0.3 is 0 Å². The second kappa shape index (κ2) is 9.24. The fourth-order valence-corrected chi connectivity index (χ4v) is 4.37. The van der Waals surface area contributed by atoms with Crippen molar-refractivity contribution in [3.05, 3.63) is 82.0 Å². The predicted molar refractivity (Wildman–Crippen MR) is 123 cm³/mol. The van der Waals surface area contributed by atoms with Crippen LogP contribution in [0, 0.1) is 0 Å². The van der Waals surface area contributed by atoms with Crippen LogP contribution in [0.3, 0.4) is 0 Å². The van der Waals surface area contributed by atoms with Crippen LogP contribution in [0.5, 0.6) is 0 Å². The number of nitrogens with one attached hydrogen (secondary N) is 1. The van der Waals surface area contributed by atoms with E-state index in [2.05, 4.69) is 22.0 Å². The normalized spacial score (nSPS) is 14.5. The number of carbonyl (C=O) groups is 2. The molecule has 1 aliphatic heterocycles. The van der Waals surface area contributed by atoms with Crippen molar-refractivity contribution in [1.29, 1.82) is 0 Å². The Kier molecular flexibility index (Phi) is 6.26. The molecule has 0 unspecified atom stereocenters. The average molecular weight is 420 g/mol. The molecule has 0 spiro atoms. The Bertz CT molecular complexity index is 1010. The van der Waals surface area contributed by atoms with E-state index in [0.29, 0.717) is 21.7 Å². The van der Waals surface area contributed by atoms with Gasteiger partial charge in [0.2, 0.25) is 5.78 Å². The maximum Gasteiger partial charge on any atom is 0.256 e. The van der Waals surface area contributed by atoms with Crippen LogP contribution in [-0.4, -0.2) is 49.3 Å².